The van der Waals surface area contributed by atoms with Gasteiger partial charge in [0.25, 0.3) is 0 Å². The van der Waals surface area contributed by atoms with Crippen LogP contribution in [0.1, 0.15) is 49.1 Å². The summed E-state index contributed by atoms with van der Waals surface area (Å²) < 4.78 is 11.1. The first-order chi connectivity index (χ1) is 15.6. The van der Waals surface area contributed by atoms with E-state index < -0.39 is 0 Å². The minimum atomic E-state index is 0.0332. The zero-order chi connectivity index (χ0) is 22.5. The Morgan fingerprint density at radius 3 is 2.81 bits per heavy atom. The molecule has 2 aliphatic rings. The summed E-state index contributed by atoms with van der Waals surface area (Å²) in [6.45, 7) is 4.69. The van der Waals surface area contributed by atoms with Crippen molar-refractivity contribution in [2.24, 2.45) is 0 Å². The van der Waals surface area contributed by atoms with Crippen molar-refractivity contribution in [3.63, 3.8) is 0 Å². The van der Waals surface area contributed by atoms with Crippen LogP contribution in [0.4, 0.5) is 5.82 Å². The molecular formula is C24H29N5O3. The summed E-state index contributed by atoms with van der Waals surface area (Å²) in [5.74, 6) is 1.83. The van der Waals surface area contributed by atoms with E-state index in [1.807, 2.05) is 36.1 Å². The van der Waals surface area contributed by atoms with Crippen molar-refractivity contribution in [1.29, 1.82) is 5.26 Å². The SMILES string of the molecule is COCCC(=O)N1CCN(c2nc(C3CC3)c(OCc3ccccn3)cc2C#N)C[C@H]1C. The molecule has 4 rings (SSSR count). The molecular weight excluding hydrogens is 406 g/mol. The minimum absolute atomic E-state index is 0.0332. The first-order valence-corrected chi connectivity index (χ1v) is 11.1. The molecule has 0 unspecified atom stereocenters. The van der Waals surface area contributed by atoms with Crippen molar-refractivity contribution in [2.45, 2.75) is 44.8 Å². The molecule has 2 aromatic rings. The number of nitriles is 1. The highest BCUT2D eigenvalue weighted by atomic mass is 16.5. The van der Waals surface area contributed by atoms with Crippen molar-refractivity contribution in [2.75, 3.05) is 38.3 Å². The number of methoxy groups -OCH3 is 1. The monoisotopic (exact) mass is 435 g/mol. The highest BCUT2D eigenvalue weighted by Crippen LogP contribution is 2.45. The maximum absolute atomic E-state index is 12.5. The standard InChI is InChI=1S/C24H29N5O3/c1-17-15-28(10-11-29(17)22(30)8-12-31-2)24-19(14-25)13-21(23(27-24)18-6-7-18)32-16-20-5-3-4-9-26-20/h3-5,9,13,17-18H,6-8,10-12,15-16H2,1-2H3/t17-/m1/s1. The Balaban J connectivity index is 1.52. The van der Waals surface area contributed by atoms with Gasteiger partial charge in [-0.15, -0.1) is 0 Å². The molecule has 0 bridgehead atoms. The van der Waals surface area contributed by atoms with Crippen molar-refractivity contribution < 1.29 is 14.3 Å². The number of piperazine rings is 1. The van der Waals surface area contributed by atoms with E-state index in [9.17, 15) is 10.1 Å². The number of carbonyl (C=O) groups is 1. The maximum atomic E-state index is 12.5. The van der Waals surface area contributed by atoms with Gasteiger partial charge in [-0.25, -0.2) is 4.98 Å². The van der Waals surface area contributed by atoms with Gasteiger partial charge >= 0.3 is 0 Å². The molecule has 32 heavy (non-hydrogen) atoms. The van der Waals surface area contributed by atoms with Gasteiger partial charge in [-0.3, -0.25) is 9.78 Å². The Hall–Kier alpha value is -3.18. The van der Waals surface area contributed by atoms with E-state index in [0.29, 0.717) is 62.3 Å². The van der Waals surface area contributed by atoms with E-state index in [2.05, 4.69) is 16.0 Å². The van der Waals surface area contributed by atoms with Gasteiger partial charge in [-0.1, -0.05) is 6.07 Å². The molecule has 0 aromatic carbocycles. The number of hydrogen-bond acceptors (Lipinski definition) is 7. The smallest absolute Gasteiger partial charge is 0.225 e. The third kappa shape index (κ3) is 5.00. The largest absolute Gasteiger partial charge is 0.485 e. The molecule has 1 saturated carbocycles. The molecule has 1 aliphatic heterocycles. The van der Waals surface area contributed by atoms with Gasteiger partial charge in [-0.05, 0) is 31.9 Å². The van der Waals surface area contributed by atoms with Crippen LogP contribution in [0.15, 0.2) is 30.5 Å². The fourth-order valence-electron chi connectivity index (χ4n) is 4.08. The fourth-order valence-corrected chi connectivity index (χ4v) is 4.08. The molecule has 0 spiro atoms. The molecule has 2 fully saturated rings. The van der Waals surface area contributed by atoms with Gasteiger partial charge in [0.05, 0.1) is 30.0 Å². The normalized spacial score (nSPS) is 18.3. The summed E-state index contributed by atoms with van der Waals surface area (Å²) in [4.78, 5) is 25.7. The number of carbonyl (C=O) groups excluding carboxylic acids is 1. The second-order valence-corrected chi connectivity index (χ2v) is 8.36. The first kappa shape index (κ1) is 22.0. The lowest BCUT2D eigenvalue weighted by molar-refractivity contribution is -0.134. The third-order valence-corrected chi connectivity index (χ3v) is 5.95. The summed E-state index contributed by atoms with van der Waals surface area (Å²) in [6.07, 6.45) is 4.28. The highest BCUT2D eigenvalue weighted by molar-refractivity contribution is 5.77. The minimum Gasteiger partial charge on any atom is -0.485 e. The predicted octanol–water partition coefficient (Wildman–Crippen LogP) is 2.88. The summed E-state index contributed by atoms with van der Waals surface area (Å²) in [5, 5.41) is 9.84. The number of aromatic nitrogens is 2. The van der Waals surface area contributed by atoms with E-state index in [4.69, 9.17) is 14.5 Å². The van der Waals surface area contributed by atoms with E-state index >= 15 is 0 Å². The zero-order valence-corrected chi connectivity index (χ0v) is 18.7. The van der Waals surface area contributed by atoms with Crippen molar-refractivity contribution in [1.82, 2.24) is 14.9 Å². The van der Waals surface area contributed by atoms with Crippen molar-refractivity contribution in [3.05, 3.63) is 47.4 Å². The van der Waals surface area contributed by atoms with Gasteiger partial charge in [0.1, 0.15) is 24.2 Å². The topological polar surface area (TPSA) is 91.6 Å². The molecule has 168 valence electrons. The molecule has 1 aliphatic carbocycles. The number of ether oxygens (including phenoxy) is 2. The Morgan fingerprint density at radius 1 is 1.31 bits per heavy atom. The van der Waals surface area contributed by atoms with Crippen LogP contribution >= 0.6 is 0 Å². The number of rotatable bonds is 8. The van der Waals surface area contributed by atoms with Crippen molar-refractivity contribution >= 4 is 11.7 Å². The lowest BCUT2D eigenvalue weighted by Gasteiger charge is -2.40. The van der Waals surface area contributed by atoms with Crippen LogP contribution in [0.5, 0.6) is 5.75 Å². The average molecular weight is 436 g/mol. The number of hydrogen-bond donors (Lipinski definition) is 0. The molecule has 3 heterocycles. The van der Waals surface area contributed by atoms with Crippen LogP contribution in [0.2, 0.25) is 0 Å². The molecule has 2 aromatic heterocycles. The second-order valence-electron chi connectivity index (χ2n) is 8.36. The van der Waals surface area contributed by atoms with Crippen LogP contribution in [0.3, 0.4) is 0 Å². The Labute approximate surface area is 188 Å². The van der Waals surface area contributed by atoms with E-state index in [1.165, 1.54) is 0 Å². The van der Waals surface area contributed by atoms with E-state index in [1.54, 1.807) is 13.3 Å². The van der Waals surface area contributed by atoms with Crippen LogP contribution in [0.25, 0.3) is 0 Å². The highest BCUT2D eigenvalue weighted by Gasteiger charge is 2.33. The molecule has 1 saturated heterocycles. The van der Waals surface area contributed by atoms with Crippen molar-refractivity contribution in [3.8, 4) is 11.8 Å². The average Bonchev–Trinajstić information content (AvgIpc) is 3.66. The Kier molecular flexibility index (Phi) is 6.86. The number of amides is 1. The summed E-state index contributed by atoms with van der Waals surface area (Å²) in [7, 11) is 1.60. The molecule has 0 radical (unpaired) electrons. The summed E-state index contributed by atoms with van der Waals surface area (Å²) in [6, 6.07) is 9.86. The first-order valence-electron chi connectivity index (χ1n) is 11.1. The molecule has 0 N–H and O–H groups in total. The molecule has 1 atom stereocenters. The number of pyridine rings is 2. The lowest BCUT2D eigenvalue weighted by atomic mass is 10.1. The van der Waals surface area contributed by atoms with Crippen LogP contribution in [-0.4, -0.2) is 60.2 Å². The van der Waals surface area contributed by atoms with Gasteiger partial charge in [0.15, 0.2) is 0 Å². The fraction of sp³-hybridized carbons (Fsp3) is 0.500. The number of anilines is 1. The lowest BCUT2D eigenvalue weighted by Crippen LogP contribution is -2.54. The molecule has 8 heteroatoms. The van der Waals surface area contributed by atoms with Gasteiger partial charge in [0, 0.05) is 51.0 Å². The van der Waals surface area contributed by atoms with Gasteiger partial charge in [0.2, 0.25) is 5.91 Å². The summed E-state index contributed by atoms with van der Waals surface area (Å²) in [5.41, 5.74) is 2.25. The van der Waals surface area contributed by atoms with Gasteiger partial charge < -0.3 is 19.3 Å². The van der Waals surface area contributed by atoms with Crippen LogP contribution < -0.4 is 9.64 Å². The number of nitrogens with zero attached hydrogens (tertiary/aromatic N) is 5. The summed E-state index contributed by atoms with van der Waals surface area (Å²) >= 11 is 0. The Bertz CT molecular complexity index is 987. The molecule has 1 amide bonds. The van der Waals surface area contributed by atoms with E-state index in [-0.39, 0.29) is 11.9 Å². The maximum Gasteiger partial charge on any atom is 0.225 e. The van der Waals surface area contributed by atoms with Crippen LogP contribution in [-0.2, 0) is 16.1 Å². The van der Waals surface area contributed by atoms with Gasteiger partial charge in [-0.2, -0.15) is 5.26 Å². The molecule has 8 nitrogen and oxygen atoms in total. The Morgan fingerprint density at radius 2 is 2.16 bits per heavy atom. The zero-order valence-electron chi connectivity index (χ0n) is 18.7. The third-order valence-electron chi connectivity index (χ3n) is 5.95. The predicted molar refractivity (Wildman–Crippen MR) is 119 cm³/mol. The second kappa shape index (κ2) is 9.96. The van der Waals surface area contributed by atoms with Crippen LogP contribution in [0, 0.1) is 11.3 Å². The quantitative estimate of drug-likeness (QED) is 0.630. The van der Waals surface area contributed by atoms with E-state index in [0.717, 1.165) is 24.2 Å².